The first kappa shape index (κ1) is 19.4. The molecule has 1 atom stereocenters. The van der Waals surface area contributed by atoms with Crippen molar-refractivity contribution in [2.75, 3.05) is 51.8 Å². The number of nitrogens with zero attached hydrogens (tertiary/aromatic N) is 2. The third kappa shape index (κ3) is 5.08. The predicted molar refractivity (Wildman–Crippen MR) is 109 cm³/mol. The topological polar surface area (TPSA) is 44.8 Å². The van der Waals surface area contributed by atoms with E-state index in [1.807, 2.05) is 45.3 Å². The Labute approximate surface area is 161 Å². The minimum absolute atomic E-state index is 0.0260. The second-order valence-corrected chi connectivity index (χ2v) is 7.23. The zero-order valence-electron chi connectivity index (χ0n) is 16.4. The number of anilines is 1. The average Bonchev–Trinajstić information content (AvgIpc) is 2.69. The van der Waals surface area contributed by atoms with Gasteiger partial charge in [-0.1, -0.05) is 29.8 Å². The van der Waals surface area contributed by atoms with Crippen molar-refractivity contribution in [1.29, 1.82) is 0 Å². The number of carbonyl (C=O) groups excluding carboxylic acids is 1. The normalized spacial score (nSPS) is 16.0. The lowest BCUT2D eigenvalue weighted by Gasteiger charge is -2.35. The zero-order valence-corrected chi connectivity index (χ0v) is 16.4. The van der Waals surface area contributed by atoms with Crippen molar-refractivity contribution >= 4 is 11.6 Å². The van der Waals surface area contributed by atoms with Crippen LogP contribution in [0, 0.1) is 6.92 Å². The molecular weight excluding hydrogens is 338 g/mol. The van der Waals surface area contributed by atoms with Crippen LogP contribution in [0.4, 0.5) is 5.69 Å². The fourth-order valence-electron chi connectivity index (χ4n) is 3.42. The van der Waals surface area contributed by atoms with Crippen LogP contribution in [0.5, 0.6) is 0 Å². The first-order chi connectivity index (χ1) is 13.0. The largest absolute Gasteiger partial charge is 0.379 e. The lowest BCUT2D eigenvalue weighted by atomic mass is 10.0. The molecule has 0 saturated carbocycles. The molecule has 1 aliphatic rings. The highest BCUT2D eigenvalue weighted by molar-refractivity contribution is 5.94. The van der Waals surface area contributed by atoms with Gasteiger partial charge < -0.3 is 15.0 Å². The van der Waals surface area contributed by atoms with Crippen molar-refractivity contribution in [1.82, 2.24) is 10.2 Å². The van der Waals surface area contributed by atoms with Crippen LogP contribution >= 0.6 is 0 Å². The quantitative estimate of drug-likeness (QED) is 0.853. The van der Waals surface area contributed by atoms with E-state index in [1.54, 1.807) is 0 Å². The van der Waals surface area contributed by atoms with Crippen molar-refractivity contribution < 1.29 is 9.53 Å². The molecule has 0 bridgehead atoms. The molecule has 2 aromatic carbocycles. The first-order valence-corrected chi connectivity index (χ1v) is 9.48. The maximum atomic E-state index is 12.6. The van der Waals surface area contributed by atoms with E-state index in [0.29, 0.717) is 12.1 Å². The van der Waals surface area contributed by atoms with E-state index in [4.69, 9.17) is 4.74 Å². The van der Waals surface area contributed by atoms with E-state index >= 15 is 0 Å². The molecule has 0 aliphatic carbocycles. The maximum Gasteiger partial charge on any atom is 0.251 e. The highest BCUT2D eigenvalue weighted by Crippen LogP contribution is 2.24. The van der Waals surface area contributed by atoms with E-state index in [-0.39, 0.29) is 11.9 Å². The lowest BCUT2D eigenvalue weighted by molar-refractivity contribution is 0.0162. The molecule has 1 fully saturated rings. The number of morpholine rings is 1. The van der Waals surface area contributed by atoms with Gasteiger partial charge in [0.25, 0.3) is 5.91 Å². The Kier molecular flexibility index (Phi) is 6.48. The van der Waals surface area contributed by atoms with E-state index in [9.17, 15) is 4.79 Å². The summed E-state index contributed by atoms with van der Waals surface area (Å²) in [5.74, 6) is -0.0260. The van der Waals surface area contributed by atoms with Gasteiger partial charge in [-0.15, -0.1) is 0 Å². The molecule has 1 N–H and O–H groups in total. The fraction of sp³-hybridized carbons (Fsp3) is 0.409. The second-order valence-electron chi connectivity index (χ2n) is 7.23. The third-order valence-corrected chi connectivity index (χ3v) is 5.02. The molecule has 0 spiro atoms. The molecule has 1 heterocycles. The molecule has 0 unspecified atom stereocenters. The van der Waals surface area contributed by atoms with Gasteiger partial charge in [0.1, 0.15) is 0 Å². The second kappa shape index (κ2) is 9.02. The van der Waals surface area contributed by atoms with Crippen LogP contribution in [-0.4, -0.2) is 57.8 Å². The maximum absolute atomic E-state index is 12.6. The van der Waals surface area contributed by atoms with Crippen LogP contribution in [-0.2, 0) is 4.74 Å². The number of hydrogen-bond acceptors (Lipinski definition) is 4. The zero-order chi connectivity index (χ0) is 19.2. The molecule has 27 heavy (non-hydrogen) atoms. The van der Waals surface area contributed by atoms with Gasteiger partial charge >= 0.3 is 0 Å². The standard InChI is InChI=1S/C22H29N3O2/c1-17-5-4-6-19(15-17)22(26)23-16-21(25-11-13-27-14-12-25)18-7-9-20(10-8-18)24(2)3/h4-10,15,21H,11-14,16H2,1-3H3,(H,23,26)/t21-/m0/s1. The minimum atomic E-state index is -0.0260. The van der Waals surface area contributed by atoms with Crippen LogP contribution < -0.4 is 10.2 Å². The number of aryl methyl sites for hydroxylation is 1. The number of hydrogen-bond donors (Lipinski definition) is 1. The highest BCUT2D eigenvalue weighted by atomic mass is 16.5. The summed E-state index contributed by atoms with van der Waals surface area (Å²) < 4.78 is 5.51. The van der Waals surface area contributed by atoms with Gasteiger partial charge in [0.15, 0.2) is 0 Å². The Morgan fingerprint density at radius 1 is 1.15 bits per heavy atom. The number of carbonyl (C=O) groups is 1. The Morgan fingerprint density at radius 2 is 1.85 bits per heavy atom. The van der Waals surface area contributed by atoms with Crippen LogP contribution in [0.15, 0.2) is 48.5 Å². The van der Waals surface area contributed by atoms with Gasteiger partial charge in [0, 0.05) is 45.0 Å². The molecule has 144 valence electrons. The lowest BCUT2D eigenvalue weighted by Crippen LogP contribution is -2.43. The third-order valence-electron chi connectivity index (χ3n) is 5.02. The molecule has 0 aromatic heterocycles. The van der Waals surface area contributed by atoms with Crippen LogP contribution in [0.2, 0.25) is 0 Å². The van der Waals surface area contributed by atoms with Crippen molar-refractivity contribution in [3.05, 3.63) is 65.2 Å². The van der Waals surface area contributed by atoms with E-state index in [1.165, 1.54) is 11.3 Å². The molecule has 1 aliphatic heterocycles. The van der Waals surface area contributed by atoms with Crippen LogP contribution in [0.25, 0.3) is 0 Å². The summed E-state index contributed by atoms with van der Waals surface area (Å²) in [5.41, 5.74) is 4.18. The van der Waals surface area contributed by atoms with Gasteiger partial charge in [-0.2, -0.15) is 0 Å². The van der Waals surface area contributed by atoms with Crippen molar-refractivity contribution in [2.45, 2.75) is 13.0 Å². The molecule has 1 amide bonds. The summed E-state index contributed by atoms with van der Waals surface area (Å²) >= 11 is 0. The molecule has 5 heteroatoms. The van der Waals surface area contributed by atoms with Crippen molar-refractivity contribution in [3.8, 4) is 0 Å². The first-order valence-electron chi connectivity index (χ1n) is 9.48. The summed E-state index contributed by atoms with van der Waals surface area (Å²) in [6.07, 6.45) is 0. The van der Waals surface area contributed by atoms with E-state index in [0.717, 1.165) is 31.9 Å². The smallest absolute Gasteiger partial charge is 0.251 e. The summed E-state index contributed by atoms with van der Waals surface area (Å²) in [6.45, 7) is 5.80. The van der Waals surface area contributed by atoms with E-state index in [2.05, 4.69) is 39.4 Å². The Bertz CT molecular complexity index is 752. The minimum Gasteiger partial charge on any atom is -0.379 e. The summed E-state index contributed by atoms with van der Waals surface area (Å²) in [4.78, 5) is 17.1. The van der Waals surface area contributed by atoms with Gasteiger partial charge in [0.05, 0.1) is 19.3 Å². The fourth-order valence-corrected chi connectivity index (χ4v) is 3.42. The SMILES string of the molecule is Cc1cccc(C(=O)NC[C@@H](c2ccc(N(C)C)cc2)N2CCOCC2)c1. The summed E-state index contributed by atoms with van der Waals surface area (Å²) in [6, 6.07) is 16.4. The van der Waals surface area contributed by atoms with Crippen LogP contribution in [0.1, 0.15) is 27.5 Å². The van der Waals surface area contributed by atoms with Gasteiger partial charge in [-0.05, 0) is 36.8 Å². The Morgan fingerprint density at radius 3 is 2.48 bits per heavy atom. The Hall–Kier alpha value is -2.37. The Balaban J connectivity index is 1.74. The molecular formula is C22H29N3O2. The average molecular weight is 367 g/mol. The number of rotatable bonds is 6. The molecule has 2 aromatic rings. The van der Waals surface area contributed by atoms with E-state index < -0.39 is 0 Å². The number of benzene rings is 2. The monoisotopic (exact) mass is 367 g/mol. The number of ether oxygens (including phenoxy) is 1. The van der Waals surface area contributed by atoms with Gasteiger partial charge in [-0.25, -0.2) is 0 Å². The van der Waals surface area contributed by atoms with Crippen molar-refractivity contribution in [3.63, 3.8) is 0 Å². The summed E-state index contributed by atoms with van der Waals surface area (Å²) in [7, 11) is 4.08. The molecule has 0 radical (unpaired) electrons. The van der Waals surface area contributed by atoms with Crippen molar-refractivity contribution in [2.24, 2.45) is 0 Å². The highest BCUT2D eigenvalue weighted by Gasteiger charge is 2.23. The van der Waals surface area contributed by atoms with Gasteiger partial charge in [0.2, 0.25) is 0 Å². The number of nitrogens with one attached hydrogen (secondary N) is 1. The number of amides is 1. The van der Waals surface area contributed by atoms with Gasteiger partial charge in [-0.3, -0.25) is 9.69 Å². The summed E-state index contributed by atoms with van der Waals surface area (Å²) in [5, 5.41) is 3.13. The predicted octanol–water partition coefficient (Wildman–Crippen LogP) is 2.86. The molecule has 3 rings (SSSR count). The molecule has 5 nitrogen and oxygen atoms in total. The van der Waals surface area contributed by atoms with Crippen LogP contribution in [0.3, 0.4) is 0 Å². The molecule has 1 saturated heterocycles.